The first-order valence-corrected chi connectivity index (χ1v) is 7.35. The van der Waals surface area contributed by atoms with Gasteiger partial charge >= 0.3 is 0 Å². The van der Waals surface area contributed by atoms with Crippen LogP contribution in [0.5, 0.6) is 0 Å². The molecule has 0 amide bonds. The van der Waals surface area contributed by atoms with Gasteiger partial charge in [-0.15, -0.1) is 0 Å². The fourth-order valence-electron chi connectivity index (χ4n) is 2.15. The van der Waals surface area contributed by atoms with Crippen LogP contribution in [0, 0.1) is 21.8 Å². The van der Waals surface area contributed by atoms with E-state index in [0.29, 0.717) is 12.5 Å². The topological polar surface area (TPSA) is 101 Å². The van der Waals surface area contributed by atoms with Crippen LogP contribution < -0.4 is 0 Å². The molecule has 0 aliphatic carbocycles. The number of sulfonamides is 1. The molecule has 0 spiro atoms. The highest BCUT2D eigenvalue weighted by Crippen LogP contribution is 2.30. The van der Waals surface area contributed by atoms with Gasteiger partial charge in [-0.25, -0.2) is 12.8 Å². The van der Waals surface area contributed by atoms with Crippen LogP contribution in [0.2, 0.25) is 0 Å². The van der Waals surface area contributed by atoms with Crippen molar-refractivity contribution in [1.82, 2.24) is 4.31 Å². The second kappa shape index (κ2) is 5.43. The van der Waals surface area contributed by atoms with E-state index in [1.165, 1.54) is 0 Å². The Balaban J connectivity index is 2.42. The summed E-state index contributed by atoms with van der Waals surface area (Å²) in [5.41, 5.74) is -0.780. The van der Waals surface area contributed by atoms with Crippen LogP contribution in [0.25, 0.3) is 0 Å². The standard InChI is InChI=1S/C11H13FN2O5S/c12-9-1-2-11(10(5-9)14(16)17)20(18,19)13-4-3-8(6-13)7-15/h1-2,5,8,15H,3-4,6-7H2. The van der Waals surface area contributed by atoms with Gasteiger partial charge in [0.15, 0.2) is 4.90 Å². The second-order valence-corrected chi connectivity index (χ2v) is 6.48. The molecule has 1 aromatic rings. The summed E-state index contributed by atoms with van der Waals surface area (Å²) in [6.45, 7) is 0.146. The van der Waals surface area contributed by atoms with Crippen molar-refractivity contribution in [3.8, 4) is 0 Å². The molecule has 110 valence electrons. The molecule has 1 aromatic carbocycles. The quantitative estimate of drug-likeness (QED) is 0.653. The summed E-state index contributed by atoms with van der Waals surface area (Å²) < 4.78 is 38.8. The van der Waals surface area contributed by atoms with Crippen LogP contribution >= 0.6 is 0 Å². The van der Waals surface area contributed by atoms with Crippen molar-refractivity contribution < 1.29 is 22.8 Å². The molecule has 1 fully saturated rings. The zero-order valence-electron chi connectivity index (χ0n) is 10.4. The molecule has 0 aromatic heterocycles. The van der Waals surface area contributed by atoms with Crippen molar-refractivity contribution in [2.45, 2.75) is 11.3 Å². The molecular formula is C11H13FN2O5S. The Kier molecular flexibility index (Phi) is 4.02. The highest BCUT2D eigenvalue weighted by atomic mass is 32.2. The van der Waals surface area contributed by atoms with Crippen LogP contribution in [0.15, 0.2) is 23.1 Å². The molecule has 0 radical (unpaired) electrons. The molecule has 20 heavy (non-hydrogen) atoms. The van der Waals surface area contributed by atoms with Gasteiger partial charge in [0.05, 0.1) is 11.0 Å². The van der Waals surface area contributed by atoms with Gasteiger partial charge in [-0.05, 0) is 24.5 Å². The van der Waals surface area contributed by atoms with Gasteiger partial charge < -0.3 is 5.11 Å². The molecule has 1 unspecified atom stereocenters. The van der Waals surface area contributed by atoms with E-state index in [4.69, 9.17) is 5.11 Å². The van der Waals surface area contributed by atoms with Crippen molar-refractivity contribution in [3.05, 3.63) is 34.1 Å². The van der Waals surface area contributed by atoms with E-state index in [-0.39, 0.29) is 25.6 Å². The van der Waals surface area contributed by atoms with Gasteiger partial charge in [0.2, 0.25) is 10.0 Å². The second-order valence-electron chi connectivity index (χ2n) is 4.57. The number of rotatable bonds is 4. The molecule has 1 aliphatic rings. The lowest BCUT2D eigenvalue weighted by Crippen LogP contribution is -2.29. The van der Waals surface area contributed by atoms with Gasteiger partial charge in [-0.3, -0.25) is 10.1 Å². The summed E-state index contributed by atoms with van der Waals surface area (Å²) in [5.74, 6) is -1.05. The van der Waals surface area contributed by atoms with E-state index < -0.39 is 31.3 Å². The molecular weight excluding hydrogens is 291 g/mol. The summed E-state index contributed by atoms with van der Waals surface area (Å²) >= 11 is 0. The number of nitro benzene ring substituents is 1. The fraction of sp³-hybridized carbons (Fsp3) is 0.455. The number of hydrogen-bond donors (Lipinski definition) is 1. The van der Waals surface area contributed by atoms with Gasteiger partial charge in [0.1, 0.15) is 5.82 Å². The summed E-state index contributed by atoms with van der Waals surface area (Å²) in [6, 6.07) is 2.36. The minimum atomic E-state index is -4.06. The van der Waals surface area contributed by atoms with Crippen LogP contribution in [-0.4, -0.2) is 42.4 Å². The maximum atomic E-state index is 13.0. The number of nitrogens with zero attached hydrogens (tertiary/aromatic N) is 2. The van der Waals surface area contributed by atoms with Gasteiger partial charge in [-0.2, -0.15) is 4.31 Å². The normalized spacial score (nSPS) is 20.2. The average Bonchev–Trinajstić information content (AvgIpc) is 2.87. The van der Waals surface area contributed by atoms with Crippen molar-refractivity contribution in [1.29, 1.82) is 0 Å². The van der Waals surface area contributed by atoms with Crippen molar-refractivity contribution in [2.24, 2.45) is 5.92 Å². The Hall–Kier alpha value is -1.58. The first-order valence-electron chi connectivity index (χ1n) is 5.91. The zero-order valence-corrected chi connectivity index (χ0v) is 11.2. The van der Waals surface area contributed by atoms with Crippen molar-refractivity contribution >= 4 is 15.7 Å². The SMILES string of the molecule is O=[N+]([O-])c1cc(F)ccc1S(=O)(=O)N1CCC(CO)C1. The smallest absolute Gasteiger partial charge is 0.292 e. The van der Waals surface area contributed by atoms with E-state index in [1.807, 2.05) is 0 Å². The average molecular weight is 304 g/mol. The molecule has 1 atom stereocenters. The van der Waals surface area contributed by atoms with Crippen LogP contribution in [0.4, 0.5) is 10.1 Å². The predicted octanol–water partition coefficient (Wildman–Crippen LogP) is 0.737. The third-order valence-corrected chi connectivity index (χ3v) is 5.15. The van der Waals surface area contributed by atoms with Crippen LogP contribution in [-0.2, 0) is 10.0 Å². The van der Waals surface area contributed by atoms with Crippen LogP contribution in [0.3, 0.4) is 0 Å². The lowest BCUT2D eigenvalue weighted by molar-refractivity contribution is -0.388. The zero-order chi connectivity index (χ0) is 14.9. The Labute approximate surface area is 114 Å². The highest BCUT2D eigenvalue weighted by Gasteiger charge is 2.36. The first kappa shape index (κ1) is 14.8. The Morgan fingerprint density at radius 3 is 2.75 bits per heavy atom. The monoisotopic (exact) mass is 304 g/mol. The maximum Gasteiger partial charge on any atom is 0.292 e. The number of benzene rings is 1. The summed E-state index contributed by atoms with van der Waals surface area (Å²) in [6.07, 6.45) is 0.491. The van der Waals surface area contributed by atoms with E-state index in [1.54, 1.807) is 0 Å². The lowest BCUT2D eigenvalue weighted by atomic mass is 10.1. The number of nitro groups is 1. The number of aliphatic hydroxyl groups excluding tert-OH is 1. The molecule has 2 rings (SSSR count). The van der Waals surface area contributed by atoms with Crippen molar-refractivity contribution in [3.63, 3.8) is 0 Å². The lowest BCUT2D eigenvalue weighted by Gasteiger charge is -2.16. The number of aliphatic hydroxyl groups is 1. The molecule has 1 aliphatic heterocycles. The number of halogens is 1. The Morgan fingerprint density at radius 2 is 2.20 bits per heavy atom. The third kappa shape index (κ3) is 2.65. The first-order chi connectivity index (χ1) is 9.36. The third-order valence-electron chi connectivity index (χ3n) is 3.24. The molecule has 9 heteroatoms. The predicted molar refractivity (Wildman–Crippen MR) is 67.0 cm³/mol. The Morgan fingerprint density at radius 1 is 1.50 bits per heavy atom. The largest absolute Gasteiger partial charge is 0.396 e. The highest BCUT2D eigenvalue weighted by molar-refractivity contribution is 7.89. The molecule has 1 saturated heterocycles. The van der Waals surface area contributed by atoms with E-state index >= 15 is 0 Å². The van der Waals surface area contributed by atoms with Crippen LogP contribution in [0.1, 0.15) is 6.42 Å². The maximum absolute atomic E-state index is 13.0. The van der Waals surface area contributed by atoms with E-state index in [2.05, 4.69) is 0 Å². The van der Waals surface area contributed by atoms with Crippen molar-refractivity contribution in [2.75, 3.05) is 19.7 Å². The molecule has 1 heterocycles. The van der Waals surface area contributed by atoms with E-state index in [9.17, 15) is 22.9 Å². The fourth-order valence-corrected chi connectivity index (χ4v) is 3.82. The summed E-state index contributed by atoms with van der Waals surface area (Å²) in [4.78, 5) is 9.43. The number of hydrogen-bond acceptors (Lipinski definition) is 5. The van der Waals surface area contributed by atoms with Gasteiger partial charge in [0.25, 0.3) is 5.69 Å². The molecule has 0 saturated carbocycles. The van der Waals surface area contributed by atoms with Gasteiger partial charge in [-0.1, -0.05) is 0 Å². The summed E-state index contributed by atoms with van der Waals surface area (Å²) in [7, 11) is -4.06. The Bertz CT molecular complexity index is 634. The molecule has 0 bridgehead atoms. The molecule has 1 N–H and O–H groups in total. The molecule has 7 nitrogen and oxygen atoms in total. The van der Waals surface area contributed by atoms with Gasteiger partial charge in [0, 0.05) is 19.7 Å². The minimum Gasteiger partial charge on any atom is -0.396 e. The minimum absolute atomic E-state index is 0.105. The van der Waals surface area contributed by atoms with E-state index in [0.717, 1.165) is 16.4 Å². The summed E-state index contributed by atoms with van der Waals surface area (Å²) in [5, 5.41) is 19.9.